The Morgan fingerprint density at radius 1 is 1.17 bits per heavy atom. The van der Waals surface area contributed by atoms with Gasteiger partial charge in [0.1, 0.15) is 11.5 Å². The molecule has 3 N–H and O–H groups in total. The van der Waals surface area contributed by atoms with Crippen molar-refractivity contribution in [2.24, 2.45) is 5.10 Å². The number of hydrogen-bond donors (Lipinski definition) is 3. The predicted molar refractivity (Wildman–Crippen MR) is 93.3 cm³/mol. The molecule has 0 unspecified atom stereocenters. The van der Waals surface area contributed by atoms with E-state index in [1.54, 1.807) is 6.07 Å². The maximum atomic E-state index is 9.87. The van der Waals surface area contributed by atoms with E-state index < -0.39 is 0 Å². The molecule has 1 aromatic heterocycles. The quantitative estimate of drug-likeness (QED) is 0.470. The first-order chi connectivity index (χ1) is 11.1. The number of aromatic amines is 1. The Kier molecular flexibility index (Phi) is 4.26. The van der Waals surface area contributed by atoms with Crippen molar-refractivity contribution in [1.82, 2.24) is 14.9 Å². The second-order valence-corrected chi connectivity index (χ2v) is 5.88. The van der Waals surface area contributed by atoms with E-state index in [1.165, 1.54) is 17.0 Å². The van der Waals surface area contributed by atoms with Gasteiger partial charge in [-0.2, -0.15) is 14.9 Å². The number of rotatable bonds is 3. The van der Waals surface area contributed by atoms with E-state index in [1.807, 2.05) is 30.3 Å². The Labute approximate surface area is 144 Å². The van der Waals surface area contributed by atoms with Crippen LogP contribution in [0.1, 0.15) is 5.56 Å². The molecule has 8 heteroatoms. The van der Waals surface area contributed by atoms with Crippen LogP contribution in [-0.2, 0) is 0 Å². The molecule has 2 aromatic carbocycles. The van der Waals surface area contributed by atoms with Crippen LogP contribution < -0.4 is 0 Å². The van der Waals surface area contributed by atoms with Gasteiger partial charge in [0.2, 0.25) is 4.77 Å². The lowest BCUT2D eigenvalue weighted by Gasteiger charge is -2.03. The fraction of sp³-hybridized carbons (Fsp3) is 0. The predicted octanol–water partition coefficient (Wildman–Crippen LogP) is 3.66. The molecule has 1 heterocycles. The summed E-state index contributed by atoms with van der Waals surface area (Å²) in [6.45, 7) is 0. The monoisotopic (exact) mass is 390 g/mol. The van der Waals surface area contributed by atoms with Crippen molar-refractivity contribution in [3.8, 4) is 22.9 Å². The number of aromatic hydroxyl groups is 2. The Morgan fingerprint density at radius 3 is 2.65 bits per heavy atom. The zero-order valence-corrected chi connectivity index (χ0v) is 14.0. The van der Waals surface area contributed by atoms with Gasteiger partial charge >= 0.3 is 0 Å². The van der Waals surface area contributed by atoms with Crippen molar-refractivity contribution in [2.75, 3.05) is 0 Å². The zero-order valence-electron chi connectivity index (χ0n) is 11.6. The second-order valence-electron chi connectivity index (χ2n) is 4.64. The number of halogens is 1. The van der Waals surface area contributed by atoms with Crippen LogP contribution in [0.4, 0.5) is 0 Å². The van der Waals surface area contributed by atoms with Crippen LogP contribution in [0.5, 0.6) is 11.5 Å². The van der Waals surface area contributed by atoms with Crippen molar-refractivity contribution in [3.05, 3.63) is 57.3 Å². The molecule has 0 aliphatic carbocycles. The molecule has 0 spiro atoms. The highest BCUT2D eigenvalue weighted by atomic mass is 79.9. The largest absolute Gasteiger partial charge is 0.507 e. The fourth-order valence-corrected chi connectivity index (χ4v) is 2.50. The van der Waals surface area contributed by atoms with E-state index in [-0.39, 0.29) is 11.5 Å². The summed E-state index contributed by atoms with van der Waals surface area (Å²) >= 11 is 8.38. The second kappa shape index (κ2) is 6.35. The molecular weight excluding hydrogens is 380 g/mol. The standard InChI is InChI=1S/C15H11BrN4O2S/c16-11-6-10(12(21)7-13(11)22)8-17-20-14(18-19-15(20)23)9-4-2-1-3-5-9/h1-8,21-22H,(H,19,23)/b17-8+. The van der Waals surface area contributed by atoms with Crippen LogP contribution in [0.3, 0.4) is 0 Å². The number of phenols is 2. The average Bonchev–Trinajstić information content (AvgIpc) is 2.91. The smallest absolute Gasteiger partial charge is 0.216 e. The van der Waals surface area contributed by atoms with E-state index in [2.05, 4.69) is 31.2 Å². The fourth-order valence-electron chi connectivity index (χ4n) is 1.96. The molecule has 6 nitrogen and oxygen atoms in total. The first-order valence-electron chi connectivity index (χ1n) is 6.55. The normalized spacial score (nSPS) is 11.2. The van der Waals surface area contributed by atoms with E-state index in [0.29, 0.717) is 20.6 Å². The Balaban J connectivity index is 2.03. The topological polar surface area (TPSA) is 86.4 Å². The number of nitrogens with one attached hydrogen (secondary N) is 1. The minimum atomic E-state index is -0.0919. The van der Waals surface area contributed by atoms with Gasteiger partial charge in [0.25, 0.3) is 0 Å². The molecule has 0 amide bonds. The summed E-state index contributed by atoms with van der Waals surface area (Å²) in [5.41, 5.74) is 1.28. The molecule has 0 saturated carbocycles. The highest BCUT2D eigenvalue weighted by Gasteiger charge is 2.08. The summed E-state index contributed by atoms with van der Waals surface area (Å²) in [7, 11) is 0. The summed E-state index contributed by atoms with van der Waals surface area (Å²) in [5.74, 6) is 0.416. The third-order valence-electron chi connectivity index (χ3n) is 3.09. The number of aromatic nitrogens is 3. The van der Waals surface area contributed by atoms with Gasteiger partial charge in [0.15, 0.2) is 5.82 Å². The lowest BCUT2D eigenvalue weighted by atomic mass is 10.2. The first kappa shape index (κ1) is 15.4. The van der Waals surface area contributed by atoms with Crippen LogP contribution in [-0.4, -0.2) is 31.3 Å². The zero-order chi connectivity index (χ0) is 16.4. The maximum absolute atomic E-state index is 9.87. The highest BCUT2D eigenvalue weighted by Crippen LogP contribution is 2.30. The molecule has 3 aromatic rings. The first-order valence-corrected chi connectivity index (χ1v) is 7.75. The SMILES string of the molecule is Oc1cc(O)c(/C=N/n2c(-c3ccccc3)n[nH]c2=S)cc1Br. The van der Waals surface area contributed by atoms with Crippen LogP contribution in [0.25, 0.3) is 11.4 Å². The van der Waals surface area contributed by atoms with Gasteiger partial charge in [-0.25, -0.2) is 5.10 Å². The molecule has 0 bridgehead atoms. The third-order valence-corrected chi connectivity index (χ3v) is 3.99. The van der Waals surface area contributed by atoms with Crippen molar-refractivity contribution in [1.29, 1.82) is 0 Å². The van der Waals surface area contributed by atoms with Crippen LogP contribution in [0.15, 0.2) is 52.0 Å². The minimum absolute atomic E-state index is 0.0513. The van der Waals surface area contributed by atoms with E-state index >= 15 is 0 Å². The summed E-state index contributed by atoms with van der Waals surface area (Å²) < 4.78 is 2.25. The summed E-state index contributed by atoms with van der Waals surface area (Å²) in [4.78, 5) is 0. The number of H-pyrrole nitrogens is 1. The van der Waals surface area contributed by atoms with Gasteiger partial charge in [-0.05, 0) is 34.2 Å². The number of phenolic OH excluding ortho intramolecular Hbond substituents is 2. The van der Waals surface area contributed by atoms with Crippen LogP contribution in [0.2, 0.25) is 0 Å². The van der Waals surface area contributed by atoms with Crippen molar-refractivity contribution in [3.63, 3.8) is 0 Å². The summed E-state index contributed by atoms with van der Waals surface area (Å²) in [6, 6.07) is 12.3. The summed E-state index contributed by atoms with van der Waals surface area (Å²) in [5, 5.41) is 30.5. The third kappa shape index (κ3) is 3.17. The van der Waals surface area contributed by atoms with Crippen molar-refractivity contribution < 1.29 is 10.2 Å². The van der Waals surface area contributed by atoms with E-state index in [9.17, 15) is 10.2 Å². The molecular formula is C15H11BrN4O2S. The molecule has 0 fully saturated rings. The van der Waals surface area contributed by atoms with Gasteiger partial charge in [-0.15, -0.1) is 0 Å². The van der Waals surface area contributed by atoms with Gasteiger partial charge in [-0.3, -0.25) is 0 Å². The number of nitrogens with zero attached hydrogens (tertiary/aromatic N) is 3. The number of benzene rings is 2. The van der Waals surface area contributed by atoms with E-state index in [0.717, 1.165) is 5.56 Å². The molecule has 3 rings (SSSR count). The Morgan fingerprint density at radius 2 is 1.91 bits per heavy atom. The summed E-state index contributed by atoms with van der Waals surface area (Å²) in [6.07, 6.45) is 1.44. The highest BCUT2D eigenvalue weighted by molar-refractivity contribution is 9.10. The van der Waals surface area contributed by atoms with Crippen LogP contribution >= 0.6 is 28.1 Å². The molecule has 0 radical (unpaired) electrons. The minimum Gasteiger partial charge on any atom is -0.507 e. The lowest BCUT2D eigenvalue weighted by molar-refractivity contribution is 0.448. The molecule has 0 saturated heterocycles. The Hall–Kier alpha value is -2.45. The molecule has 116 valence electrons. The number of hydrogen-bond acceptors (Lipinski definition) is 5. The lowest BCUT2D eigenvalue weighted by Crippen LogP contribution is -1.95. The van der Waals surface area contributed by atoms with Crippen molar-refractivity contribution >= 4 is 34.4 Å². The van der Waals surface area contributed by atoms with Gasteiger partial charge in [-0.1, -0.05) is 30.3 Å². The van der Waals surface area contributed by atoms with Gasteiger partial charge in [0, 0.05) is 17.2 Å². The van der Waals surface area contributed by atoms with E-state index in [4.69, 9.17) is 12.2 Å². The Bertz CT molecular complexity index is 934. The van der Waals surface area contributed by atoms with Crippen LogP contribution in [0, 0.1) is 4.77 Å². The molecule has 0 aliphatic rings. The average molecular weight is 391 g/mol. The molecule has 0 atom stereocenters. The van der Waals surface area contributed by atoms with Gasteiger partial charge in [0.05, 0.1) is 10.7 Å². The maximum Gasteiger partial charge on any atom is 0.216 e. The molecule has 0 aliphatic heterocycles. The van der Waals surface area contributed by atoms with Crippen molar-refractivity contribution in [2.45, 2.75) is 0 Å². The molecule has 23 heavy (non-hydrogen) atoms. The van der Waals surface area contributed by atoms with Gasteiger partial charge < -0.3 is 10.2 Å².